The third-order valence-corrected chi connectivity index (χ3v) is 3.70. The lowest BCUT2D eigenvalue weighted by Crippen LogP contribution is -2.21. The average molecular weight is 255 g/mol. The van der Waals surface area contributed by atoms with Gasteiger partial charge in [-0.05, 0) is 28.8 Å². The predicted molar refractivity (Wildman–Crippen MR) is 75.9 cm³/mol. The molecule has 1 aromatic heterocycles. The maximum absolute atomic E-state index is 9.80. The van der Waals surface area contributed by atoms with Crippen molar-refractivity contribution in [3.8, 4) is 11.1 Å². The van der Waals surface area contributed by atoms with Crippen LogP contribution in [-0.2, 0) is 6.42 Å². The second kappa shape index (κ2) is 4.64. The van der Waals surface area contributed by atoms with Gasteiger partial charge in [-0.1, -0.05) is 18.2 Å². The van der Waals surface area contributed by atoms with Gasteiger partial charge in [0.25, 0.3) is 0 Å². The summed E-state index contributed by atoms with van der Waals surface area (Å²) in [5.74, 6) is 0.849. The van der Waals surface area contributed by atoms with E-state index >= 15 is 0 Å². The summed E-state index contributed by atoms with van der Waals surface area (Å²) < 4.78 is 0. The molecule has 0 fully saturated rings. The fourth-order valence-electron chi connectivity index (χ4n) is 2.56. The van der Waals surface area contributed by atoms with E-state index in [4.69, 9.17) is 5.73 Å². The van der Waals surface area contributed by atoms with Crippen molar-refractivity contribution in [2.75, 3.05) is 12.4 Å². The zero-order valence-corrected chi connectivity index (χ0v) is 10.8. The van der Waals surface area contributed by atoms with Crippen molar-refractivity contribution in [1.29, 1.82) is 0 Å². The third kappa shape index (κ3) is 2.09. The molecule has 19 heavy (non-hydrogen) atoms. The van der Waals surface area contributed by atoms with Crippen LogP contribution in [0.5, 0.6) is 0 Å². The highest BCUT2D eigenvalue weighted by Crippen LogP contribution is 2.33. The number of nitrogens with two attached hydrogens (primary N) is 1. The Morgan fingerprint density at radius 3 is 2.74 bits per heavy atom. The van der Waals surface area contributed by atoms with E-state index in [2.05, 4.69) is 16.4 Å². The van der Waals surface area contributed by atoms with Gasteiger partial charge in [-0.3, -0.25) is 0 Å². The van der Waals surface area contributed by atoms with Gasteiger partial charge in [0.1, 0.15) is 5.82 Å². The topological polar surface area (TPSA) is 71.2 Å². The van der Waals surface area contributed by atoms with Gasteiger partial charge in [-0.25, -0.2) is 4.98 Å². The van der Waals surface area contributed by atoms with E-state index in [-0.39, 0.29) is 6.04 Å². The number of hydrogen-bond acceptors (Lipinski definition) is 4. The van der Waals surface area contributed by atoms with Gasteiger partial charge in [0.2, 0.25) is 0 Å². The summed E-state index contributed by atoms with van der Waals surface area (Å²) in [6.45, 7) is 0. The van der Waals surface area contributed by atoms with E-state index < -0.39 is 6.10 Å². The number of aliphatic hydroxyl groups is 1. The van der Waals surface area contributed by atoms with Crippen molar-refractivity contribution in [1.82, 2.24) is 4.98 Å². The molecule has 0 saturated heterocycles. The molecule has 2 aromatic rings. The minimum Gasteiger partial charge on any atom is -0.391 e. The maximum atomic E-state index is 9.80. The lowest BCUT2D eigenvalue weighted by Gasteiger charge is -2.09. The number of aromatic nitrogens is 1. The highest BCUT2D eigenvalue weighted by Gasteiger charge is 2.27. The molecule has 1 heterocycles. The fraction of sp³-hybridized carbons (Fsp3) is 0.267. The Kier molecular flexibility index (Phi) is 2.97. The average Bonchev–Trinajstić information content (AvgIpc) is 2.74. The summed E-state index contributed by atoms with van der Waals surface area (Å²) in [5, 5.41) is 12.8. The Balaban J connectivity index is 1.96. The first-order chi connectivity index (χ1) is 9.19. The summed E-state index contributed by atoms with van der Waals surface area (Å²) in [7, 11) is 1.85. The van der Waals surface area contributed by atoms with E-state index in [9.17, 15) is 5.11 Å². The first-order valence-electron chi connectivity index (χ1n) is 6.39. The normalized spacial score (nSPS) is 21.2. The summed E-state index contributed by atoms with van der Waals surface area (Å²) in [6, 6.07) is 9.87. The summed E-state index contributed by atoms with van der Waals surface area (Å²) in [5.41, 5.74) is 10.3. The Hall–Kier alpha value is -1.91. The third-order valence-electron chi connectivity index (χ3n) is 3.70. The number of benzene rings is 1. The van der Waals surface area contributed by atoms with Gasteiger partial charge >= 0.3 is 0 Å². The highest BCUT2D eigenvalue weighted by molar-refractivity contribution is 5.66. The molecule has 0 amide bonds. The summed E-state index contributed by atoms with van der Waals surface area (Å²) in [6.07, 6.45) is 2.01. The first kappa shape index (κ1) is 12.1. The molecule has 3 rings (SSSR count). The molecule has 0 aliphatic heterocycles. The molecule has 98 valence electrons. The Morgan fingerprint density at radius 2 is 2.05 bits per heavy atom. The molecule has 1 aliphatic carbocycles. The highest BCUT2D eigenvalue weighted by atomic mass is 16.3. The number of nitrogens with one attached hydrogen (secondary N) is 1. The Labute approximate surface area is 112 Å². The number of anilines is 1. The zero-order valence-electron chi connectivity index (χ0n) is 10.8. The molecule has 4 N–H and O–H groups in total. The number of rotatable bonds is 2. The SMILES string of the molecule is CNc1ccc(-c2ccc3c(c2)CC(O)C3N)cn1. The van der Waals surface area contributed by atoms with Crippen LogP contribution in [0.4, 0.5) is 5.82 Å². The second-order valence-electron chi connectivity index (χ2n) is 4.89. The largest absolute Gasteiger partial charge is 0.391 e. The number of pyridine rings is 1. The van der Waals surface area contributed by atoms with Crippen molar-refractivity contribution in [2.45, 2.75) is 18.6 Å². The van der Waals surface area contributed by atoms with Crippen LogP contribution in [-0.4, -0.2) is 23.2 Å². The second-order valence-corrected chi connectivity index (χ2v) is 4.89. The van der Waals surface area contributed by atoms with Crippen LogP contribution in [0.25, 0.3) is 11.1 Å². The van der Waals surface area contributed by atoms with Crippen LogP contribution in [0.2, 0.25) is 0 Å². The van der Waals surface area contributed by atoms with Gasteiger partial charge in [0.15, 0.2) is 0 Å². The van der Waals surface area contributed by atoms with E-state index in [0.717, 1.165) is 28.1 Å². The molecule has 0 bridgehead atoms. The number of fused-ring (bicyclic) bond motifs is 1. The smallest absolute Gasteiger partial charge is 0.125 e. The van der Waals surface area contributed by atoms with Crippen molar-refractivity contribution in [2.24, 2.45) is 5.73 Å². The van der Waals surface area contributed by atoms with Gasteiger partial charge in [-0.15, -0.1) is 0 Å². The predicted octanol–water partition coefficient (Wildman–Crippen LogP) is 1.71. The van der Waals surface area contributed by atoms with Gasteiger partial charge < -0.3 is 16.2 Å². The number of hydrogen-bond donors (Lipinski definition) is 3. The fourth-order valence-corrected chi connectivity index (χ4v) is 2.56. The van der Waals surface area contributed by atoms with E-state index in [1.807, 2.05) is 37.5 Å². The molecule has 2 atom stereocenters. The minimum atomic E-state index is -0.463. The van der Waals surface area contributed by atoms with Crippen LogP contribution < -0.4 is 11.1 Å². The number of nitrogens with zero attached hydrogens (tertiary/aromatic N) is 1. The number of aliphatic hydroxyl groups excluding tert-OH is 1. The first-order valence-corrected chi connectivity index (χ1v) is 6.39. The molecule has 1 aliphatic rings. The van der Waals surface area contributed by atoms with Crippen LogP contribution in [0.15, 0.2) is 36.5 Å². The van der Waals surface area contributed by atoms with Gasteiger partial charge in [-0.2, -0.15) is 0 Å². The maximum Gasteiger partial charge on any atom is 0.125 e. The summed E-state index contributed by atoms with van der Waals surface area (Å²) >= 11 is 0. The van der Waals surface area contributed by atoms with Crippen LogP contribution in [0.3, 0.4) is 0 Å². The molecular formula is C15H17N3O. The van der Waals surface area contributed by atoms with Crippen molar-refractivity contribution in [3.63, 3.8) is 0 Å². The van der Waals surface area contributed by atoms with Crippen LogP contribution >= 0.6 is 0 Å². The zero-order chi connectivity index (χ0) is 13.4. The molecule has 0 saturated carbocycles. The van der Waals surface area contributed by atoms with Crippen LogP contribution in [0, 0.1) is 0 Å². The molecule has 2 unspecified atom stereocenters. The standard InChI is InChI=1S/C15H17N3O/c1-17-14-5-3-10(8-18-14)9-2-4-12-11(6-9)7-13(19)15(12)16/h2-6,8,13,15,19H,7,16H2,1H3,(H,17,18). The minimum absolute atomic E-state index is 0.256. The molecule has 4 nitrogen and oxygen atoms in total. The molecule has 4 heteroatoms. The van der Waals surface area contributed by atoms with Gasteiger partial charge in [0, 0.05) is 25.2 Å². The molecule has 0 radical (unpaired) electrons. The lowest BCUT2D eigenvalue weighted by molar-refractivity contribution is 0.158. The molecule has 1 aromatic carbocycles. The monoisotopic (exact) mass is 255 g/mol. The van der Waals surface area contributed by atoms with Crippen LogP contribution in [0.1, 0.15) is 17.2 Å². The van der Waals surface area contributed by atoms with Crippen molar-refractivity contribution in [3.05, 3.63) is 47.7 Å². The Morgan fingerprint density at radius 1 is 1.26 bits per heavy atom. The Bertz CT molecular complexity index is 595. The summed E-state index contributed by atoms with van der Waals surface area (Å²) in [4.78, 5) is 4.31. The quantitative estimate of drug-likeness (QED) is 0.764. The van der Waals surface area contributed by atoms with E-state index in [1.165, 1.54) is 0 Å². The van der Waals surface area contributed by atoms with Gasteiger partial charge in [0.05, 0.1) is 12.1 Å². The lowest BCUT2D eigenvalue weighted by atomic mass is 10.0. The molecular weight excluding hydrogens is 238 g/mol. The van der Waals surface area contributed by atoms with Crippen molar-refractivity contribution >= 4 is 5.82 Å². The van der Waals surface area contributed by atoms with E-state index in [0.29, 0.717) is 6.42 Å². The molecule has 0 spiro atoms. The van der Waals surface area contributed by atoms with Crippen molar-refractivity contribution < 1.29 is 5.11 Å². The van der Waals surface area contributed by atoms with E-state index in [1.54, 1.807) is 0 Å².